The summed E-state index contributed by atoms with van der Waals surface area (Å²) in [6.45, 7) is 3.42. The molecule has 0 bridgehead atoms. The number of hydrogen-bond donors (Lipinski definition) is 3. The monoisotopic (exact) mass is 359 g/mol. The molecule has 2 aromatic rings. The highest BCUT2D eigenvalue weighted by atomic mass is 35.5. The van der Waals surface area contributed by atoms with Crippen LogP contribution in [0.2, 0.25) is 5.02 Å². The van der Waals surface area contributed by atoms with Crippen molar-refractivity contribution in [1.29, 1.82) is 0 Å². The normalized spacial score (nSPS) is 19.6. The second kappa shape index (κ2) is 7.87. The summed E-state index contributed by atoms with van der Waals surface area (Å²) in [6.07, 6.45) is 0. The van der Waals surface area contributed by atoms with E-state index in [1.807, 2.05) is 0 Å². The SMILES string of the molecule is COc1cc(Cl)ccc1C(=O)NCC1CNNC1c1ccc(C)cc1. The van der Waals surface area contributed by atoms with Crippen LogP contribution in [-0.2, 0) is 0 Å². The first-order valence-electron chi connectivity index (χ1n) is 8.25. The third kappa shape index (κ3) is 4.12. The van der Waals surface area contributed by atoms with Gasteiger partial charge in [0.1, 0.15) is 5.75 Å². The molecule has 1 amide bonds. The Balaban J connectivity index is 1.66. The highest BCUT2D eigenvalue weighted by molar-refractivity contribution is 6.30. The molecule has 2 atom stereocenters. The van der Waals surface area contributed by atoms with Gasteiger partial charge in [-0.1, -0.05) is 41.4 Å². The largest absolute Gasteiger partial charge is 0.496 e. The lowest BCUT2D eigenvalue weighted by atomic mass is 9.94. The Labute approximate surface area is 152 Å². The number of ether oxygens (including phenoxy) is 1. The maximum absolute atomic E-state index is 12.5. The van der Waals surface area contributed by atoms with Crippen LogP contribution < -0.4 is 20.9 Å². The number of amides is 1. The number of benzene rings is 2. The van der Waals surface area contributed by atoms with E-state index in [2.05, 4.69) is 47.4 Å². The number of hydrazine groups is 1. The molecule has 3 rings (SSSR count). The Hall–Kier alpha value is -2.08. The Morgan fingerprint density at radius 3 is 2.76 bits per heavy atom. The molecule has 6 heteroatoms. The van der Waals surface area contributed by atoms with Gasteiger partial charge in [0.05, 0.1) is 18.7 Å². The molecule has 1 saturated heterocycles. The standard InChI is InChI=1S/C19H22ClN3O2/c1-12-3-5-13(6-4-12)18-14(11-22-23-18)10-21-19(24)16-8-7-15(20)9-17(16)25-2/h3-9,14,18,22-23H,10-11H2,1-2H3,(H,21,24). The molecule has 0 saturated carbocycles. The molecule has 0 radical (unpaired) electrons. The van der Waals surface area contributed by atoms with Gasteiger partial charge in [-0.2, -0.15) is 0 Å². The first-order valence-corrected chi connectivity index (χ1v) is 8.63. The Kier molecular flexibility index (Phi) is 5.58. The van der Waals surface area contributed by atoms with Gasteiger partial charge in [0, 0.05) is 24.0 Å². The van der Waals surface area contributed by atoms with E-state index in [1.165, 1.54) is 18.2 Å². The molecule has 5 nitrogen and oxygen atoms in total. The summed E-state index contributed by atoms with van der Waals surface area (Å²) in [5.74, 6) is 0.566. The van der Waals surface area contributed by atoms with Crippen LogP contribution in [0.1, 0.15) is 27.5 Å². The molecular weight excluding hydrogens is 338 g/mol. The molecule has 25 heavy (non-hydrogen) atoms. The van der Waals surface area contributed by atoms with Gasteiger partial charge in [-0.15, -0.1) is 0 Å². The number of carbonyl (C=O) groups is 1. The van der Waals surface area contributed by atoms with Crippen molar-refractivity contribution in [3.8, 4) is 5.75 Å². The summed E-state index contributed by atoms with van der Waals surface area (Å²) in [5, 5.41) is 3.54. The van der Waals surface area contributed by atoms with Crippen LogP contribution in [0, 0.1) is 12.8 Å². The lowest BCUT2D eigenvalue weighted by Gasteiger charge is -2.20. The van der Waals surface area contributed by atoms with Crippen molar-refractivity contribution in [3.05, 3.63) is 64.2 Å². The highest BCUT2D eigenvalue weighted by Gasteiger charge is 2.28. The van der Waals surface area contributed by atoms with Gasteiger partial charge in [-0.05, 0) is 30.7 Å². The number of aryl methyl sites for hydroxylation is 1. The smallest absolute Gasteiger partial charge is 0.255 e. The van der Waals surface area contributed by atoms with E-state index in [4.69, 9.17) is 16.3 Å². The number of rotatable bonds is 5. The van der Waals surface area contributed by atoms with E-state index in [0.29, 0.717) is 22.9 Å². The number of halogens is 1. The summed E-state index contributed by atoms with van der Waals surface area (Å²) in [6, 6.07) is 13.6. The van der Waals surface area contributed by atoms with Gasteiger partial charge in [-0.3, -0.25) is 10.2 Å². The van der Waals surface area contributed by atoms with E-state index in [1.54, 1.807) is 18.2 Å². The molecular formula is C19H22ClN3O2. The number of methoxy groups -OCH3 is 1. The van der Waals surface area contributed by atoms with E-state index in [0.717, 1.165) is 6.54 Å². The molecule has 132 valence electrons. The summed E-state index contributed by atoms with van der Waals surface area (Å²) < 4.78 is 5.25. The van der Waals surface area contributed by atoms with Gasteiger partial charge in [0.15, 0.2) is 0 Å². The fraction of sp³-hybridized carbons (Fsp3) is 0.316. The summed E-state index contributed by atoms with van der Waals surface area (Å²) in [4.78, 5) is 12.5. The molecule has 2 unspecified atom stereocenters. The van der Waals surface area contributed by atoms with Crippen LogP contribution in [0.25, 0.3) is 0 Å². The fourth-order valence-electron chi connectivity index (χ4n) is 3.03. The second-order valence-electron chi connectivity index (χ2n) is 6.23. The average molecular weight is 360 g/mol. The number of nitrogens with one attached hydrogen (secondary N) is 3. The van der Waals surface area contributed by atoms with Crippen LogP contribution in [0.5, 0.6) is 5.75 Å². The molecule has 0 aromatic heterocycles. The minimum atomic E-state index is -0.164. The first-order chi connectivity index (χ1) is 12.1. The van der Waals surface area contributed by atoms with Crippen LogP contribution in [0.15, 0.2) is 42.5 Å². The third-order valence-corrected chi connectivity index (χ3v) is 4.70. The average Bonchev–Trinajstić information content (AvgIpc) is 3.08. The van der Waals surface area contributed by atoms with Crippen LogP contribution in [-0.4, -0.2) is 26.1 Å². The van der Waals surface area contributed by atoms with Crippen LogP contribution in [0.3, 0.4) is 0 Å². The van der Waals surface area contributed by atoms with Crippen molar-refractivity contribution in [3.63, 3.8) is 0 Å². The van der Waals surface area contributed by atoms with Gasteiger partial charge in [0.2, 0.25) is 0 Å². The molecule has 1 fully saturated rings. The van der Waals surface area contributed by atoms with E-state index in [9.17, 15) is 4.79 Å². The quantitative estimate of drug-likeness (QED) is 0.768. The Morgan fingerprint density at radius 1 is 1.28 bits per heavy atom. The van der Waals surface area contributed by atoms with Gasteiger partial charge < -0.3 is 10.1 Å². The van der Waals surface area contributed by atoms with Crippen molar-refractivity contribution in [1.82, 2.24) is 16.2 Å². The zero-order chi connectivity index (χ0) is 17.8. The predicted molar refractivity (Wildman–Crippen MR) is 98.9 cm³/mol. The van der Waals surface area contributed by atoms with Gasteiger partial charge >= 0.3 is 0 Å². The third-order valence-electron chi connectivity index (χ3n) is 4.46. The first kappa shape index (κ1) is 17.7. The van der Waals surface area contributed by atoms with Gasteiger partial charge in [0.25, 0.3) is 5.91 Å². The maximum Gasteiger partial charge on any atom is 0.255 e. The van der Waals surface area contributed by atoms with E-state index < -0.39 is 0 Å². The van der Waals surface area contributed by atoms with E-state index in [-0.39, 0.29) is 17.9 Å². The number of hydrogen-bond acceptors (Lipinski definition) is 4. The summed E-state index contributed by atoms with van der Waals surface area (Å²) in [7, 11) is 1.53. The molecule has 0 aliphatic carbocycles. The van der Waals surface area contributed by atoms with Crippen molar-refractivity contribution in [2.24, 2.45) is 5.92 Å². The van der Waals surface area contributed by atoms with Crippen LogP contribution in [0.4, 0.5) is 0 Å². The number of carbonyl (C=O) groups excluding carboxylic acids is 1. The molecule has 2 aromatic carbocycles. The maximum atomic E-state index is 12.5. The van der Waals surface area contributed by atoms with Crippen molar-refractivity contribution in [2.45, 2.75) is 13.0 Å². The predicted octanol–water partition coefficient (Wildman–Crippen LogP) is 2.85. The van der Waals surface area contributed by atoms with Crippen molar-refractivity contribution in [2.75, 3.05) is 20.2 Å². The lowest BCUT2D eigenvalue weighted by Crippen LogP contribution is -2.33. The summed E-state index contributed by atoms with van der Waals surface area (Å²) in [5.41, 5.74) is 9.40. The zero-order valence-corrected chi connectivity index (χ0v) is 15.1. The Bertz CT molecular complexity index is 749. The van der Waals surface area contributed by atoms with Crippen molar-refractivity contribution >= 4 is 17.5 Å². The highest BCUT2D eigenvalue weighted by Crippen LogP contribution is 2.26. The molecule has 1 heterocycles. The second-order valence-corrected chi connectivity index (χ2v) is 6.66. The van der Waals surface area contributed by atoms with Crippen molar-refractivity contribution < 1.29 is 9.53 Å². The molecule has 1 aliphatic heterocycles. The van der Waals surface area contributed by atoms with Gasteiger partial charge in [-0.25, -0.2) is 5.43 Å². The molecule has 3 N–H and O–H groups in total. The summed E-state index contributed by atoms with van der Waals surface area (Å²) >= 11 is 5.95. The molecule has 0 spiro atoms. The molecule has 1 aliphatic rings. The zero-order valence-electron chi connectivity index (χ0n) is 14.3. The minimum Gasteiger partial charge on any atom is -0.496 e. The topological polar surface area (TPSA) is 62.4 Å². The van der Waals surface area contributed by atoms with E-state index >= 15 is 0 Å². The minimum absolute atomic E-state index is 0.160. The fourth-order valence-corrected chi connectivity index (χ4v) is 3.19. The Morgan fingerprint density at radius 2 is 2.04 bits per heavy atom. The lowest BCUT2D eigenvalue weighted by molar-refractivity contribution is 0.0944. The van der Waals surface area contributed by atoms with Crippen LogP contribution >= 0.6 is 11.6 Å².